The molecule has 98 valence electrons. The van der Waals surface area contributed by atoms with Crippen molar-refractivity contribution >= 4 is 11.6 Å². The maximum atomic E-state index is 12.3. The van der Waals surface area contributed by atoms with Crippen molar-refractivity contribution in [1.82, 2.24) is 0 Å². The third-order valence-corrected chi connectivity index (χ3v) is 3.25. The average molecular weight is 254 g/mol. The van der Waals surface area contributed by atoms with Crippen LogP contribution in [0.4, 0.5) is 0 Å². The van der Waals surface area contributed by atoms with Gasteiger partial charge in [0.15, 0.2) is 11.6 Å². The first-order valence-electron chi connectivity index (χ1n) is 6.74. The number of ketones is 2. The Morgan fingerprint density at radius 3 is 2.32 bits per heavy atom. The van der Waals surface area contributed by atoms with Crippen LogP contribution in [0.5, 0.6) is 0 Å². The molecule has 2 rings (SSSR count). The maximum Gasteiger partial charge on any atom is 0.185 e. The van der Waals surface area contributed by atoms with Crippen LogP contribution in [-0.4, -0.2) is 11.6 Å². The Kier molecular flexibility index (Phi) is 4.45. The fourth-order valence-electron chi connectivity index (χ4n) is 2.22. The SMILES string of the molecule is CCCCC1=CC(=O)C=C(Cc2ccccc2)C1=O. The second-order valence-electron chi connectivity index (χ2n) is 4.84. The average Bonchev–Trinajstić information content (AvgIpc) is 2.42. The highest BCUT2D eigenvalue weighted by molar-refractivity contribution is 6.20. The van der Waals surface area contributed by atoms with Crippen molar-refractivity contribution in [1.29, 1.82) is 0 Å². The Balaban J connectivity index is 2.13. The number of rotatable bonds is 5. The normalized spacial score (nSPS) is 15.2. The van der Waals surface area contributed by atoms with Gasteiger partial charge in [-0.15, -0.1) is 0 Å². The van der Waals surface area contributed by atoms with Crippen molar-refractivity contribution in [3.63, 3.8) is 0 Å². The highest BCUT2D eigenvalue weighted by atomic mass is 16.1. The Labute approximate surface area is 113 Å². The molecule has 0 heterocycles. The molecule has 0 bridgehead atoms. The number of unbranched alkanes of at least 4 members (excludes halogenated alkanes) is 1. The minimum atomic E-state index is -0.0587. The predicted octanol–water partition coefficient (Wildman–Crippen LogP) is 3.42. The number of benzene rings is 1. The number of carbonyl (C=O) groups excluding carboxylic acids is 2. The largest absolute Gasteiger partial charge is 0.290 e. The van der Waals surface area contributed by atoms with Crippen LogP contribution < -0.4 is 0 Å². The predicted molar refractivity (Wildman–Crippen MR) is 75.9 cm³/mol. The van der Waals surface area contributed by atoms with Gasteiger partial charge in [0.2, 0.25) is 0 Å². The summed E-state index contributed by atoms with van der Waals surface area (Å²) in [6, 6.07) is 9.78. The Morgan fingerprint density at radius 1 is 0.947 bits per heavy atom. The molecule has 1 aliphatic rings. The summed E-state index contributed by atoms with van der Waals surface area (Å²) in [6.07, 6.45) is 6.18. The molecule has 1 aromatic carbocycles. The molecule has 0 radical (unpaired) electrons. The Morgan fingerprint density at radius 2 is 1.63 bits per heavy atom. The summed E-state index contributed by atoms with van der Waals surface area (Å²) in [5.74, 6) is -0.0199. The van der Waals surface area contributed by atoms with Gasteiger partial charge in [0, 0.05) is 17.6 Å². The summed E-state index contributed by atoms with van der Waals surface area (Å²) in [6.45, 7) is 2.08. The molecule has 0 amide bonds. The van der Waals surface area contributed by atoms with Crippen molar-refractivity contribution in [3.05, 3.63) is 59.2 Å². The summed E-state index contributed by atoms with van der Waals surface area (Å²) < 4.78 is 0. The summed E-state index contributed by atoms with van der Waals surface area (Å²) in [7, 11) is 0. The quantitative estimate of drug-likeness (QED) is 0.754. The smallest absolute Gasteiger partial charge is 0.185 e. The van der Waals surface area contributed by atoms with Crippen LogP contribution in [0.2, 0.25) is 0 Å². The van der Waals surface area contributed by atoms with Crippen LogP contribution in [-0.2, 0) is 16.0 Å². The molecule has 0 aromatic heterocycles. The monoisotopic (exact) mass is 254 g/mol. The second kappa shape index (κ2) is 6.28. The minimum Gasteiger partial charge on any atom is -0.290 e. The minimum absolute atomic E-state index is 0.0388. The van der Waals surface area contributed by atoms with Gasteiger partial charge in [-0.1, -0.05) is 43.7 Å². The lowest BCUT2D eigenvalue weighted by Crippen LogP contribution is -2.16. The van der Waals surface area contributed by atoms with Crippen LogP contribution in [0.1, 0.15) is 31.7 Å². The zero-order chi connectivity index (χ0) is 13.7. The molecule has 0 aliphatic heterocycles. The lowest BCUT2D eigenvalue weighted by atomic mass is 9.89. The highest BCUT2D eigenvalue weighted by Crippen LogP contribution is 2.21. The second-order valence-corrected chi connectivity index (χ2v) is 4.84. The first-order valence-corrected chi connectivity index (χ1v) is 6.74. The van der Waals surface area contributed by atoms with E-state index >= 15 is 0 Å². The van der Waals surface area contributed by atoms with Crippen LogP contribution in [0.15, 0.2) is 53.6 Å². The number of allylic oxidation sites excluding steroid dienone is 4. The molecule has 0 spiro atoms. The van der Waals surface area contributed by atoms with E-state index in [4.69, 9.17) is 0 Å². The lowest BCUT2D eigenvalue weighted by Gasteiger charge is -2.13. The highest BCUT2D eigenvalue weighted by Gasteiger charge is 2.21. The summed E-state index contributed by atoms with van der Waals surface area (Å²) in [5, 5.41) is 0. The molecule has 1 aliphatic carbocycles. The van der Waals surface area contributed by atoms with Gasteiger partial charge in [-0.05, 0) is 30.6 Å². The van der Waals surface area contributed by atoms with Crippen LogP contribution in [0.25, 0.3) is 0 Å². The van der Waals surface area contributed by atoms with Gasteiger partial charge in [0.05, 0.1) is 0 Å². The van der Waals surface area contributed by atoms with E-state index in [0.29, 0.717) is 24.0 Å². The topological polar surface area (TPSA) is 34.1 Å². The van der Waals surface area contributed by atoms with Gasteiger partial charge in [-0.3, -0.25) is 9.59 Å². The van der Waals surface area contributed by atoms with Crippen LogP contribution in [0.3, 0.4) is 0 Å². The third kappa shape index (κ3) is 3.50. The van der Waals surface area contributed by atoms with E-state index in [1.54, 1.807) is 0 Å². The number of hydrogen-bond donors (Lipinski definition) is 0. The zero-order valence-electron chi connectivity index (χ0n) is 11.2. The van der Waals surface area contributed by atoms with E-state index in [1.165, 1.54) is 12.2 Å². The van der Waals surface area contributed by atoms with Crippen molar-refractivity contribution in [2.75, 3.05) is 0 Å². The standard InChI is InChI=1S/C17H18O2/c1-2-3-9-14-11-16(18)12-15(17(14)19)10-13-7-5-4-6-8-13/h4-8,11-12H,2-3,9-10H2,1H3. The Hall–Kier alpha value is -1.96. The van der Waals surface area contributed by atoms with Crippen molar-refractivity contribution in [2.24, 2.45) is 0 Å². The summed E-state index contributed by atoms with van der Waals surface area (Å²) in [4.78, 5) is 24.0. The van der Waals surface area contributed by atoms with E-state index in [9.17, 15) is 9.59 Å². The molecule has 0 unspecified atom stereocenters. The molecule has 0 atom stereocenters. The Bertz CT molecular complexity index is 536. The number of carbonyl (C=O) groups is 2. The van der Waals surface area contributed by atoms with E-state index in [-0.39, 0.29) is 11.6 Å². The molecule has 0 saturated heterocycles. The first kappa shape index (κ1) is 13.5. The molecule has 0 saturated carbocycles. The maximum absolute atomic E-state index is 12.3. The molecule has 0 fully saturated rings. The van der Waals surface area contributed by atoms with Gasteiger partial charge in [0.1, 0.15) is 0 Å². The molecule has 0 N–H and O–H groups in total. The summed E-state index contributed by atoms with van der Waals surface area (Å²) >= 11 is 0. The lowest BCUT2D eigenvalue weighted by molar-refractivity contribution is -0.115. The van der Waals surface area contributed by atoms with Gasteiger partial charge in [-0.25, -0.2) is 0 Å². The molecule has 2 nitrogen and oxygen atoms in total. The number of Topliss-reactive ketones (excluding diaryl/α,β-unsaturated/α-hetero) is 1. The van der Waals surface area contributed by atoms with E-state index < -0.39 is 0 Å². The van der Waals surface area contributed by atoms with Gasteiger partial charge >= 0.3 is 0 Å². The van der Waals surface area contributed by atoms with Crippen LogP contribution >= 0.6 is 0 Å². The molecule has 19 heavy (non-hydrogen) atoms. The van der Waals surface area contributed by atoms with E-state index in [2.05, 4.69) is 6.92 Å². The first-order chi connectivity index (χ1) is 9.20. The number of hydrogen-bond acceptors (Lipinski definition) is 2. The molecule has 1 aromatic rings. The zero-order valence-corrected chi connectivity index (χ0v) is 11.2. The molecular formula is C17H18O2. The van der Waals surface area contributed by atoms with Gasteiger partial charge < -0.3 is 0 Å². The van der Waals surface area contributed by atoms with Crippen molar-refractivity contribution in [3.8, 4) is 0 Å². The third-order valence-electron chi connectivity index (χ3n) is 3.25. The van der Waals surface area contributed by atoms with E-state index in [0.717, 1.165) is 18.4 Å². The van der Waals surface area contributed by atoms with Crippen LogP contribution in [0, 0.1) is 0 Å². The summed E-state index contributed by atoms with van der Waals surface area (Å²) in [5.41, 5.74) is 2.34. The fraction of sp³-hybridized carbons (Fsp3) is 0.294. The van der Waals surface area contributed by atoms with Gasteiger partial charge in [-0.2, -0.15) is 0 Å². The van der Waals surface area contributed by atoms with Crippen molar-refractivity contribution in [2.45, 2.75) is 32.6 Å². The fourth-order valence-corrected chi connectivity index (χ4v) is 2.22. The molecule has 2 heteroatoms. The molecular weight excluding hydrogens is 236 g/mol. The van der Waals surface area contributed by atoms with E-state index in [1.807, 2.05) is 30.3 Å². The van der Waals surface area contributed by atoms with Crippen molar-refractivity contribution < 1.29 is 9.59 Å². The van der Waals surface area contributed by atoms with Gasteiger partial charge in [0.25, 0.3) is 0 Å².